The van der Waals surface area contributed by atoms with Crippen molar-refractivity contribution in [1.29, 1.82) is 0 Å². The quantitative estimate of drug-likeness (QED) is 0.0837. The summed E-state index contributed by atoms with van der Waals surface area (Å²) in [6.07, 6.45) is 31.0. The minimum atomic E-state index is -0.905. The Bertz CT molecular complexity index is 377. The van der Waals surface area contributed by atoms with Crippen molar-refractivity contribution >= 4 is 11.9 Å². The van der Waals surface area contributed by atoms with Crippen LogP contribution in [0.25, 0.3) is 0 Å². The molecule has 0 N–H and O–H groups in total. The van der Waals surface area contributed by atoms with Gasteiger partial charge in [-0.05, 0) is 25.7 Å². The topological polar surface area (TPSA) is 80.3 Å². The molecule has 0 aromatic carbocycles. The zero-order valence-corrected chi connectivity index (χ0v) is 24.5. The van der Waals surface area contributed by atoms with Gasteiger partial charge in [-0.15, -0.1) is 0 Å². The Morgan fingerprint density at radius 1 is 0.371 bits per heavy atom. The van der Waals surface area contributed by atoms with Crippen LogP contribution in [0.2, 0.25) is 0 Å². The van der Waals surface area contributed by atoms with Crippen molar-refractivity contribution in [2.75, 3.05) is 0 Å². The largest absolute Gasteiger partial charge is 2.00 e. The van der Waals surface area contributed by atoms with Gasteiger partial charge in [0.1, 0.15) is 0 Å². The molecule has 0 spiro atoms. The fourth-order valence-electron chi connectivity index (χ4n) is 4.22. The summed E-state index contributed by atoms with van der Waals surface area (Å²) in [5.41, 5.74) is 0. The molecule has 0 aliphatic rings. The van der Waals surface area contributed by atoms with Gasteiger partial charge < -0.3 is 19.8 Å². The molecular formula is C30H58FeO4. The average Bonchev–Trinajstić information content (AvgIpc) is 2.80. The third-order valence-electron chi connectivity index (χ3n) is 6.47. The van der Waals surface area contributed by atoms with E-state index in [2.05, 4.69) is 13.8 Å². The molecule has 0 saturated heterocycles. The summed E-state index contributed by atoms with van der Waals surface area (Å²) in [7, 11) is 0. The normalized spacial score (nSPS) is 10.3. The first-order chi connectivity index (χ1) is 16.5. The smallest absolute Gasteiger partial charge is 0.550 e. The molecule has 0 radical (unpaired) electrons. The molecule has 35 heavy (non-hydrogen) atoms. The van der Waals surface area contributed by atoms with E-state index in [1.807, 2.05) is 0 Å². The Morgan fingerprint density at radius 3 is 0.714 bits per heavy atom. The van der Waals surface area contributed by atoms with Crippen LogP contribution in [0, 0.1) is 0 Å². The Kier molecular flexibility index (Phi) is 39.7. The Labute approximate surface area is 229 Å². The molecule has 0 amide bonds. The van der Waals surface area contributed by atoms with Crippen LogP contribution < -0.4 is 10.2 Å². The van der Waals surface area contributed by atoms with Crippen molar-refractivity contribution < 1.29 is 36.9 Å². The molecule has 0 bridgehead atoms. The Morgan fingerprint density at radius 2 is 0.543 bits per heavy atom. The third-order valence-corrected chi connectivity index (χ3v) is 6.47. The molecular weight excluding hydrogens is 480 g/mol. The fourth-order valence-corrected chi connectivity index (χ4v) is 4.22. The van der Waals surface area contributed by atoms with E-state index in [1.165, 1.54) is 128 Å². The number of hydrogen-bond donors (Lipinski definition) is 0. The Balaban J connectivity index is -0.000000569. The predicted molar refractivity (Wildman–Crippen MR) is 141 cm³/mol. The van der Waals surface area contributed by atoms with E-state index >= 15 is 0 Å². The molecule has 0 fully saturated rings. The molecule has 0 atom stereocenters. The van der Waals surface area contributed by atoms with Gasteiger partial charge in [0.25, 0.3) is 0 Å². The number of carbonyl (C=O) groups is 2. The maximum Gasteiger partial charge on any atom is 2.00 e. The van der Waals surface area contributed by atoms with Gasteiger partial charge in [0, 0.05) is 11.9 Å². The standard InChI is InChI=1S/2C15H30O2.Fe/c2*1-2-3-4-5-6-7-8-9-10-11-12-13-14-15(16)17;/h2*2-14H2,1H3,(H,16,17);/q;;+2/p-2. The van der Waals surface area contributed by atoms with Crippen LogP contribution in [-0.4, -0.2) is 11.9 Å². The molecule has 0 rings (SSSR count). The predicted octanol–water partition coefficient (Wildman–Crippen LogP) is 7.65. The van der Waals surface area contributed by atoms with E-state index in [0.717, 1.165) is 25.7 Å². The maximum absolute atomic E-state index is 10.2. The van der Waals surface area contributed by atoms with Crippen LogP contribution >= 0.6 is 0 Å². The van der Waals surface area contributed by atoms with Crippen LogP contribution in [0.3, 0.4) is 0 Å². The molecule has 0 aromatic heterocycles. The van der Waals surface area contributed by atoms with Crippen LogP contribution in [0.4, 0.5) is 0 Å². The van der Waals surface area contributed by atoms with Crippen molar-refractivity contribution in [2.24, 2.45) is 0 Å². The molecule has 0 unspecified atom stereocenters. The van der Waals surface area contributed by atoms with Crippen molar-refractivity contribution in [3.63, 3.8) is 0 Å². The van der Waals surface area contributed by atoms with Gasteiger partial charge in [0.2, 0.25) is 0 Å². The van der Waals surface area contributed by atoms with Crippen LogP contribution in [0.5, 0.6) is 0 Å². The summed E-state index contributed by atoms with van der Waals surface area (Å²) in [4.78, 5) is 20.3. The maximum atomic E-state index is 10.2. The number of unbranched alkanes of at least 4 members (excludes halogenated alkanes) is 22. The monoisotopic (exact) mass is 538 g/mol. The number of rotatable bonds is 26. The fraction of sp³-hybridized carbons (Fsp3) is 0.933. The molecule has 0 aliphatic carbocycles. The molecule has 0 saturated carbocycles. The van der Waals surface area contributed by atoms with Crippen LogP contribution in [0.15, 0.2) is 0 Å². The van der Waals surface area contributed by atoms with Gasteiger partial charge in [-0.3, -0.25) is 0 Å². The Hall–Kier alpha value is -0.541. The average molecular weight is 539 g/mol. The summed E-state index contributed by atoms with van der Waals surface area (Å²) in [5.74, 6) is -1.81. The summed E-state index contributed by atoms with van der Waals surface area (Å²) in [6, 6.07) is 0. The zero-order valence-electron chi connectivity index (χ0n) is 23.4. The van der Waals surface area contributed by atoms with Crippen LogP contribution in [0.1, 0.15) is 181 Å². The van der Waals surface area contributed by atoms with Crippen molar-refractivity contribution in [3.05, 3.63) is 0 Å². The van der Waals surface area contributed by atoms with E-state index in [9.17, 15) is 19.8 Å². The molecule has 0 aliphatic heterocycles. The van der Waals surface area contributed by atoms with Gasteiger partial charge in [-0.1, -0.05) is 155 Å². The second kappa shape index (κ2) is 35.6. The second-order valence-electron chi connectivity index (χ2n) is 10.0. The van der Waals surface area contributed by atoms with E-state index in [1.54, 1.807) is 0 Å². The summed E-state index contributed by atoms with van der Waals surface area (Å²) in [5, 5.41) is 20.3. The summed E-state index contributed by atoms with van der Waals surface area (Å²) >= 11 is 0. The summed E-state index contributed by atoms with van der Waals surface area (Å²) < 4.78 is 0. The first-order valence-corrected chi connectivity index (χ1v) is 14.9. The van der Waals surface area contributed by atoms with Crippen LogP contribution in [-0.2, 0) is 26.7 Å². The third kappa shape index (κ3) is 43.9. The number of carboxylic acid groups (broad SMARTS) is 2. The van der Waals surface area contributed by atoms with Gasteiger partial charge in [-0.25, -0.2) is 0 Å². The van der Waals surface area contributed by atoms with E-state index in [0.29, 0.717) is 0 Å². The molecule has 210 valence electrons. The van der Waals surface area contributed by atoms with Gasteiger partial charge in [0.15, 0.2) is 0 Å². The molecule has 0 aromatic rings. The van der Waals surface area contributed by atoms with Crippen molar-refractivity contribution in [3.8, 4) is 0 Å². The summed E-state index contributed by atoms with van der Waals surface area (Å²) in [6.45, 7) is 4.50. The van der Waals surface area contributed by atoms with Crippen molar-refractivity contribution in [2.45, 2.75) is 181 Å². The number of hydrogen-bond acceptors (Lipinski definition) is 4. The SMILES string of the molecule is CCCCCCCCCCCCCCC(=O)[O-].CCCCCCCCCCCCCCC(=O)[O-].[Fe+2]. The van der Waals surface area contributed by atoms with Crippen molar-refractivity contribution in [1.82, 2.24) is 0 Å². The first kappa shape index (κ1) is 39.0. The van der Waals surface area contributed by atoms with Gasteiger partial charge >= 0.3 is 17.1 Å². The molecule has 0 heterocycles. The first-order valence-electron chi connectivity index (χ1n) is 14.9. The minimum Gasteiger partial charge on any atom is -0.550 e. The molecule has 4 nitrogen and oxygen atoms in total. The minimum absolute atomic E-state index is 0. The number of aliphatic carboxylic acids is 2. The van der Waals surface area contributed by atoms with Gasteiger partial charge in [0.05, 0.1) is 0 Å². The molecule has 5 heteroatoms. The number of carboxylic acids is 2. The second-order valence-corrected chi connectivity index (χ2v) is 10.0. The van der Waals surface area contributed by atoms with E-state index in [-0.39, 0.29) is 29.9 Å². The number of carbonyl (C=O) groups excluding carboxylic acids is 2. The zero-order chi connectivity index (χ0) is 25.5. The van der Waals surface area contributed by atoms with Gasteiger partial charge in [-0.2, -0.15) is 0 Å². The van der Waals surface area contributed by atoms with E-state index in [4.69, 9.17) is 0 Å². The van der Waals surface area contributed by atoms with E-state index < -0.39 is 11.9 Å².